The molecule has 5 heteroatoms. The summed E-state index contributed by atoms with van der Waals surface area (Å²) in [6.07, 6.45) is 1.79. The Bertz CT molecular complexity index is 975. The van der Waals surface area contributed by atoms with Gasteiger partial charge in [-0.25, -0.2) is 4.98 Å². The zero-order valence-electron chi connectivity index (χ0n) is 11.0. The molecular weight excluding hydrogens is 328 g/mol. The summed E-state index contributed by atoms with van der Waals surface area (Å²) in [5.74, 6) is 0.806. The molecule has 2 aromatic heterocycles. The van der Waals surface area contributed by atoms with Gasteiger partial charge in [0.1, 0.15) is 11.3 Å². The highest BCUT2D eigenvalue weighted by atomic mass is 79.9. The summed E-state index contributed by atoms with van der Waals surface area (Å²) in [5, 5.41) is 1.09. The van der Waals surface area contributed by atoms with Crippen LogP contribution in [0.4, 0.5) is 5.69 Å². The number of rotatable bonds is 1. The molecule has 0 saturated heterocycles. The Hall–Kier alpha value is -2.40. The van der Waals surface area contributed by atoms with Gasteiger partial charge in [0.25, 0.3) is 0 Å². The Morgan fingerprint density at radius 2 is 2.00 bits per heavy atom. The molecule has 102 valence electrons. The van der Waals surface area contributed by atoms with Crippen LogP contribution >= 0.6 is 15.9 Å². The minimum Gasteiger partial charge on any atom is -0.397 e. The molecule has 0 saturated carbocycles. The van der Waals surface area contributed by atoms with Crippen LogP contribution in [-0.4, -0.2) is 15.0 Å². The maximum absolute atomic E-state index is 6.02. The van der Waals surface area contributed by atoms with E-state index in [2.05, 4.69) is 36.9 Å². The number of nitrogen functional groups attached to an aromatic ring is 1. The van der Waals surface area contributed by atoms with Crippen LogP contribution in [0.2, 0.25) is 0 Å². The van der Waals surface area contributed by atoms with Gasteiger partial charge in [0.15, 0.2) is 0 Å². The number of halogens is 1. The van der Waals surface area contributed by atoms with Crippen LogP contribution in [0.1, 0.15) is 0 Å². The van der Waals surface area contributed by atoms with E-state index >= 15 is 0 Å². The van der Waals surface area contributed by atoms with E-state index in [1.165, 1.54) is 0 Å². The van der Waals surface area contributed by atoms with Gasteiger partial charge in [-0.3, -0.25) is 4.98 Å². The Labute approximate surface area is 129 Å². The Kier molecular flexibility index (Phi) is 2.68. The van der Waals surface area contributed by atoms with E-state index in [0.29, 0.717) is 5.69 Å². The zero-order chi connectivity index (χ0) is 14.4. The van der Waals surface area contributed by atoms with Crippen molar-refractivity contribution in [2.45, 2.75) is 0 Å². The maximum atomic E-state index is 6.02. The van der Waals surface area contributed by atoms with Crippen LogP contribution in [0.5, 0.6) is 0 Å². The van der Waals surface area contributed by atoms with Crippen LogP contribution < -0.4 is 5.73 Å². The van der Waals surface area contributed by atoms with E-state index in [1.807, 2.05) is 36.4 Å². The van der Waals surface area contributed by atoms with Crippen molar-refractivity contribution in [1.82, 2.24) is 15.0 Å². The number of aromatic amines is 1. The summed E-state index contributed by atoms with van der Waals surface area (Å²) in [6.45, 7) is 0. The first kappa shape index (κ1) is 12.3. The number of anilines is 1. The normalized spacial score (nSPS) is 11.3. The SMILES string of the molecule is Nc1cc(Br)cc2[nH]c(-c3ccc4ncccc4c3)nc12. The average molecular weight is 339 g/mol. The van der Waals surface area contributed by atoms with E-state index in [0.717, 1.165) is 37.8 Å². The number of nitrogens with two attached hydrogens (primary N) is 1. The van der Waals surface area contributed by atoms with Crippen LogP contribution in [0, 0.1) is 0 Å². The van der Waals surface area contributed by atoms with Gasteiger partial charge in [0.05, 0.1) is 16.7 Å². The summed E-state index contributed by atoms with van der Waals surface area (Å²) in [4.78, 5) is 12.3. The summed E-state index contributed by atoms with van der Waals surface area (Å²) in [6, 6.07) is 13.9. The predicted octanol–water partition coefficient (Wildman–Crippen LogP) is 4.12. The molecule has 4 rings (SSSR count). The smallest absolute Gasteiger partial charge is 0.138 e. The van der Waals surface area contributed by atoms with Crippen LogP contribution in [0.15, 0.2) is 53.1 Å². The maximum Gasteiger partial charge on any atom is 0.138 e. The lowest BCUT2D eigenvalue weighted by Crippen LogP contribution is -1.86. The van der Waals surface area contributed by atoms with Gasteiger partial charge < -0.3 is 10.7 Å². The lowest BCUT2D eigenvalue weighted by atomic mass is 10.1. The third-order valence-electron chi connectivity index (χ3n) is 3.46. The summed E-state index contributed by atoms with van der Waals surface area (Å²) in [5.41, 5.74) is 10.4. The van der Waals surface area contributed by atoms with E-state index in [1.54, 1.807) is 6.20 Å². The molecule has 0 bridgehead atoms. The summed E-state index contributed by atoms with van der Waals surface area (Å²) >= 11 is 3.45. The van der Waals surface area contributed by atoms with Crippen LogP contribution in [0.25, 0.3) is 33.3 Å². The average Bonchev–Trinajstić information content (AvgIpc) is 2.91. The van der Waals surface area contributed by atoms with Gasteiger partial charge in [-0.1, -0.05) is 22.0 Å². The molecule has 0 unspecified atom stereocenters. The fourth-order valence-electron chi connectivity index (χ4n) is 2.47. The third kappa shape index (κ3) is 2.06. The minimum atomic E-state index is 0.657. The molecule has 0 aliphatic heterocycles. The molecule has 0 fully saturated rings. The largest absolute Gasteiger partial charge is 0.397 e. The second kappa shape index (κ2) is 4.56. The van der Waals surface area contributed by atoms with Gasteiger partial charge >= 0.3 is 0 Å². The van der Waals surface area contributed by atoms with Crippen molar-refractivity contribution < 1.29 is 0 Å². The number of pyridine rings is 1. The number of fused-ring (bicyclic) bond motifs is 2. The molecule has 0 atom stereocenters. The topological polar surface area (TPSA) is 67.6 Å². The van der Waals surface area contributed by atoms with Crippen molar-refractivity contribution in [3.8, 4) is 11.4 Å². The minimum absolute atomic E-state index is 0.657. The van der Waals surface area contributed by atoms with Gasteiger partial charge in [-0.15, -0.1) is 0 Å². The molecular formula is C16H11BrN4. The number of hydrogen-bond acceptors (Lipinski definition) is 3. The molecule has 4 aromatic rings. The number of H-pyrrole nitrogens is 1. The summed E-state index contributed by atoms with van der Waals surface area (Å²) in [7, 11) is 0. The first-order valence-electron chi connectivity index (χ1n) is 6.50. The van der Waals surface area contributed by atoms with Crippen molar-refractivity contribution >= 4 is 43.6 Å². The van der Waals surface area contributed by atoms with Crippen LogP contribution in [0.3, 0.4) is 0 Å². The number of imidazole rings is 1. The first-order chi connectivity index (χ1) is 10.2. The molecule has 0 aliphatic rings. The molecule has 0 amide bonds. The highest BCUT2D eigenvalue weighted by Crippen LogP contribution is 2.28. The molecule has 0 aliphatic carbocycles. The van der Waals surface area contributed by atoms with Gasteiger partial charge in [0, 0.05) is 21.6 Å². The van der Waals surface area contributed by atoms with E-state index in [9.17, 15) is 0 Å². The third-order valence-corrected chi connectivity index (χ3v) is 3.92. The fraction of sp³-hybridized carbons (Fsp3) is 0. The fourth-order valence-corrected chi connectivity index (χ4v) is 2.94. The highest BCUT2D eigenvalue weighted by molar-refractivity contribution is 9.10. The van der Waals surface area contributed by atoms with E-state index in [4.69, 9.17) is 5.73 Å². The Balaban J connectivity index is 1.93. The van der Waals surface area contributed by atoms with E-state index < -0.39 is 0 Å². The lowest BCUT2D eigenvalue weighted by molar-refractivity contribution is 1.33. The Morgan fingerprint density at radius 1 is 1.10 bits per heavy atom. The lowest BCUT2D eigenvalue weighted by Gasteiger charge is -1.99. The number of benzene rings is 2. The molecule has 3 N–H and O–H groups in total. The number of aromatic nitrogens is 3. The monoisotopic (exact) mass is 338 g/mol. The van der Waals surface area contributed by atoms with Crippen molar-refractivity contribution in [1.29, 1.82) is 0 Å². The van der Waals surface area contributed by atoms with Gasteiger partial charge in [-0.05, 0) is 36.4 Å². The number of nitrogens with zero attached hydrogens (tertiary/aromatic N) is 2. The second-order valence-electron chi connectivity index (χ2n) is 4.89. The zero-order valence-corrected chi connectivity index (χ0v) is 12.6. The van der Waals surface area contributed by atoms with Crippen molar-refractivity contribution in [3.63, 3.8) is 0 Å². The van der Waals surface area contributed by atoms with Crippen molar-refractivity contribution in [2.75, 3.05) is 5.73 Å². The molecule has 2 heterocycles. The molecule has 4 nitrogen and oxygen atoms in total. The number of hydrogen-bond donors (Lipinski definition) is 2. The van der Waals surface area contributed by atoms with Crippen molar-refractivity contribution in [2.24, 2.45) is 0 Å². The molecule has 0 radical (unpaired) electrons. The predicted molar refractivity (Wildman–Crippen MR) is 88.9 cm³/mol. The van der Waals surface area contributed by atoms with Crippen molar-refractivity contribution in [3.05, 3.63) is 53.1 Å². The molecule has 21 heavy (non-hydrogen) atoms. The molecule has 0 spiro atoms. The molecule has 2 aromatic carbocycles. The van der Waals surface area contributed by atoms with Gasteiger partial charge in [0.2, 0.25) is 0 Å². The standard InChI is InChI=1S/C16H11BrN4/c17-11-7-12(18)15-14(8-11)20-16(21-15)10-3-4-13-9(6-10)2-1-5-19-13/h1-8H,18H2,(H,20,21). The second-order valence-corrected chi connectivity index (χ2v) is 5.80. The highest BCUT2D eigenvalue weighted by Gasteiger charge is 2.09. The summed E-state index contributed by atoms with van der Waals surface area (Å²) < 4.78 is 0.936. The number of nitrogens with one attached hydrogen (secondary N) is 1. The van der Waals surface area contributed by atoms with Gasteiger partial charge in [-0.2, -0.15) is 0 Å². The first-order valence-corrected chi connectivity index (χ1v) is 7.30. The van der Waals surface area contributed by atoms with E-state index in [-0.39, 0.29) is 0 Å². The van der Waals surface area contributed by atoms with Crippen LogP contribution in [-0.2, 0) is 0 Å². The Morgan fingerprint density at radius 3 is 2.90 bits per heavy atom. The quantitative estimate of drug-likeness (QED) is 0.513.